The number of rotatable bonds is 3. The van der Waals surface area contributed by atoms with Gasteiger partial charge >= 0.3 is 0 Å². The van der Waals surface area contributed by atoms with Gasteiger partial charge < -0.3 is 0 Å². The van der Waals surface area contributed by atoms with Gasteiger partial charge in [0.2, 0.25) is 0 Å². The minimum Gasteiger partial charge on any atom is -0.117 e. The summed E-state index contributed by atoms with van der Waals surface area (Å²) in [7, 11) is 0. The molecule has 100 valence electrons. The molecule has 0 N–H and O–H groups in total. The van der Waals surface area contributed by atoms with Gasteiger partial charge in [-0.2, -0.15) is 0 Å². The molecule has 0 aliphatic rings. The molecule has 0 amide bonds. The fourth-order valence-electron chi connectivity index (χ4n) is 2.39. The van der Waals surface area contributed by atoms with E-state index < -0.39 is 0 Å². The minimum atomic E-state index is -0.0603. The van der Waals surface area contributed by atoms with Crippen molar-refractivity contribution in [3.05, 3.63) is 82.9 Å². The summed E-state index contributed by atoms with van der Waals surface area (Å²) >= 11 is 12.5. The molecule has 0 nitrogen and oxygen atoms in total. The van der Waals surface area contributed by atoms with E-state index in [0.717, 1.165) is 17.0 Å². The Balaban J connectivity index is 1.85. The Morgan fingerprint density at radius 3 is 2.40 bits per heavy atom. The minimum absolute atomic E-state index is 0.0603. The topological polar surface area (TPSA) is 0 Å². The summed E-state index contributed by atoms with van der Waals surface area (Å²) in [6.45, 7) is 0. The van der Waals surface area contributed by atoms with Crippen LogP contribution in [0.4, 0.5) is 0 Å². The Hall–Kier alpha value is -1.50. The predicted molar refractivity (Wildman–Crippen MR) is 87.7 cm³/mol. The lowest BCUT2D eigenvalue weighted by Crippen LogP contribution is -1.96. The van der Waals surface area contributed by atoms with Crippen LogP contribution in [0.25, 0.3) is 10.8 Å². The molecular formula is C18H14Cl2. The van der Waals surface area contributed by atoms with Gasteiger partial charge in [-0.3, -0.25) is 0 Å². The highest BCUT2D eigenvalue weighted by molar-refractivity contribution is 6.30. The molecule has 3 aromatic carbocycles. The maximum Gasteiger partial charge on any atom is 0.0626 e. The zero-order chi connectivity index (χ0) is 13.9. The van der Waals surface area contributed by atoms with Crippen molar-refractivity contribution in [1.29, 1.82) is 0 Å². The molecule has 1 unspecified atom stereocenters. The summed E-state index contributed by atoms with van der Waals surface area (Å²) < 4.78 is 0. The summed E-state index contributed by atoms with van der Waals surface area (Å²) in [5, 5.41) is 3.17. The van der Waals surface area contributed by atoms with Gasteiger partial charge in [0.1, 0.15) is 0 Å². The van der Waals surface area contributed by atoms with Crippen molar-refractivity contribution in [2.75, 3.05) is 0 Å². The standard InChI is InChI=1S/C18H14Cl2/c19-17-7-3-6-16(12-17)18(20)11-13-8-9-14-4-1-2-5-15(14)10-13/h1-10,12,18H,11H2. The molecule has 3 rings (SSSR count). The van der Waals surface area contributed by atoms with E-state index in [2.05, 4.69) is 42.5 Å². The van der Waals surface area contributed by atoms with Crippen LogP contribution in [0.3, 0.4) is 0 Å². The van der Waals surface area contributed by atoms with Crippen molar-refractivity contribution in [2.45, 2.75) is 11.8 Å². The highest BCUT2D eigenvalue weighted by Crippen LogP contribution is 2.28. The summed E-state index contributed by atoms with van der Waals surface area (Å²) in [5.41, 5.74) is 2.30. The molecular weight excluding hydrogens is 287 g/mol. The Morgan fingerprint density at radius 2 is 1.60 bits per heavy atom. The van der Waals surface area contributed by atoms with Crippen LogP contribution >= 0.6 is 23.2 Å². The molecule has 0 bridgehead atoms. The Kier molecular flexibility index (Phi) is 3.95. The van der Waals surface area contributed by atoms with Crippen molar-refractivity contribution < 1.29 is 0 Å². The Bertz CT molecular complexity index is 734. The Morgan fingerprint density at radius 1 is 0.800 bits per heavy atom. The number of hydrogen-bond donors (Lipinski definition) is 0. The van der Waals surface area contributed by atoms with E-state index in [0.29, 0.717) is 0 Å². The monoisotopic (exact) mass is 300 g/mol. The number of fused-ring (bicyclic) bond motifs is 1. The van der Waals surface area contributed by atoms with Gasteiger partial charge in [0.25, 0.3) is 0 Å². The highest BCUT2D eigenvalue weighted by Gasteiger charge is 2.09. The first-order valence-corrected chi connectivity index (χ1v) is 7.41. The van der Waals surface area contributed by atoms with Gasteiger partial charge in [0, 0.05) is 5.02 Å². The summed E-state index contributed by atoms with van der Waals surface area (Å²) in [5.74, 6) is 0. The van der Waals surface area contributed by atoms with Crippen LogP contribution in [0.1, 0.15) is 16.5 Å². The smallest absolute Gasteiger partial charge is 0.0626 e. The second-order valence-electron chi connectivity index (χ2n) is 4.91. The SMILES string of the molecule is Clc1cccc(C(Cl)Cc2ccc3ccccc3c2)c1. The molecule has 1 atom stereocenters. The molecule has 0 saturated carbocycles. The van der Waals surface area contributed by atoms with Gasteiger partial charge in [0.05, 0.1) is 5.38 Å². The van der Waals surface area contributed by atoms with Gasteiger partial charge in [-0.1, -0.05) is 66.2 Å². The van der Waals surface area contributed by atoms with E-state index in [1.54, 1.807) is 0 Å². The van der Waals surface area contributed by atoms with Crippen LogP contribution in [0.2, 0.25) is 5.02 Å². The molecule has 0 saturated heterocycles. The number of alkyl halides is 1. The van der Waals surface area contributed by atoms with Crippen LogP contribution in [-0.2, 0) is 6.42 Å². The zero-order valence-corrected chi connectivity index (χ0v) is 12.4. The van der Waals surface area contributed by atoms with E-state index in [1.165, 1.54) is 16.3 Å². The summed E-state index contributed by atoms with van der Waals surface area (Å²) in [6, 6.07) is 22.6. The lowest BCUT2D eigenvalue weighted by atomic mass is 10.0. The summed E-state index contributed by atoms with van der Waals surface area (Å²) in [6.07, 6.45) is 0.798. The number of halogens is 2. The first-order valence-electron chi connectivity index (χ1n) is 6.59. The second kappa shape index (κ2) is 5.87. The molecule has 0 aromatic heterocycles. The average Bonchev–Trinajstić information content (AvgIpc) is 2.47. The normalized spacial score (nSPS) is 12.5. The van der Waals surface area contributed by atoms with Gasteiger partial charge in [-0.05, 0) is 40.5 Å². The first-order chi connectivity index (χ1) is 9.72. The molecule has 3 aromatic rings. The predicted octanol–water partition coefficient (Wildman–Crippen LogP) is 6.02. The Labute approximate surface area is 129 Å². The van der Waals surface area contributed by atoms with Crippen molar-refractivity contribution in [3.8, 4) is 0 Å². The third-order valence-corrected chi connectivity index (χ3v) is 4.08. The molecule has 0 heterocycles. The maximum atomic E-state index is 6.51. The van der Waals surface area contributed by atoms with E-state index in [-0.39, 0.29) is 5.38 Å². The van der Waals surface area contributed by atoms with Crippen LogP contribution < -0.4 is 0 Å². The third kappa shape index (κ3) is 2.98. The molecule has 2 heteroatoms. The van der Waals surface area contributed by atoms with Gasteiger partial charge in [-0.25, -0.2) is 0 Å². The molecule has 0 spiro atoms. The number of hydrogen-bond acceptors (Lipinski definition) is 0. The maximum absolute atomic E-state index is 6.51. The van der Waals surface area contributed by atoms with E-state index in [4.69, 9.17) is 23.2 Å². The molecule has 20 heavy (non-hydrogen) atoms. The van der Waals surface area contributed by atoms with Crippen LogP contribution in [0, 0.1) is 0 Å². The highest BCUT2D eigenvalue weighted by atomic mass is 35.5. The van der Waals surface area contributed by atoms with E-state index >= 15 is 0 Å². The lowest BCUT2D eigenvalue weighted by molar-refractivity contribution is 0.922. The zero-order valence-electron chi connectivity index (χ0n) is 10.9. The second-order valence-corrected chi connectivity index (χ2v) is 5.87. The van der Waals surface area contributed by atoms with Gasteiger partial charge in [-0.15, -0.1) is 11.6 Å². The molecule has 0 aliphatic carbocycles. The van der Waals surface area contributed by atoms with Gasteiger partial charge in [0.15, 0.2) is 0 Å². The summed E-state index contributed by atoms with van der Waals surface area (Å²) in [4.78, 5) is 0. The molecule has 0 fully saturated rings. The largest absolute Gasteiger partial charge is 0.117 e. The van der Waals surface area contributed by atoms with Crippen molar-refractivity contribution in [1.82, 2.24) is 0 Å². The van der Waals surface area contributed by atoms with Crippen LogP contribution in [0.5, 0.6) is 0 Å². The fourth-order valence-corrected chi connectivity index (χ4v) is 2.90. The lowest BCUT2D eigenvalue weighted by Gasteiger charge is -2.11. The average molecular weight is 301 g/mol. The van der Waals surface area contributed by atoms with Crippen LogP contribution in [0.15, 0.2) is 66.7 Å². The quantitative estimate of drug-likeness (QED) is 0.519. The first kappa shape index (κ1) is 13.5. The number of benzene rings is 3. The van der Waals surface area contributed by atoms with E-state index in [9.17, 15) is 0 Å². The van der Waals surface area contributed by atoms with E-state index in [1.807, 2.05) is 24.3 Å². The van der Waals surface area contributed by atoms with Crippen LogP contribution in [-0.4, -0.2) is 0 Å². The molecule has 0 aliphatic heterocycles. The molecule has 0 radical (unpaired) electrons. The fraction of sp³-hybridized carbons (Fsp3) is 0.111. The van der Waals surface area contributed by atoms with Crippen molar-refractivity contribution in [3.63, 3.8) is 0 Å². The van der Waals surface area contributed by atoms with Crippen molar-refractivity contribution >= 4 is 34.0 Å². The van der Waals surface area contributed by atoms with Crippen molar-refractivity contribution in [2.24, 2.45) is 0 Å². The third-order valence-electron chi connectivity index (χ3n) is 3.44.